The minimum Gasteiger partial charge on any atom is -0.475 e. The van der Waals surface area contributed by atoms with Crippen LogP contribution in [0.25, 0.3) is 0 Å². The third-order valence-corrected chi connectivity index (χ3v) is 5.12. The molecule has 28 heavy (non-hydrogen) atoms. The lowest BCUT2D eigenvalue weighted by Crippen LogP contribution is -2.47. The molecule has 12 heteroatoms. The highest BCUT2D eigenvalue weighted by atomic mass is 32.2. The van der Waals surface area contributed by atoms with E-state index in [9.17, 15) is 21.6 Å². The summed E-state index contributed by atoms with van der Waals surface area (Å²) >= 11 is 0. The largest absolute Gasteiger partial charge is 0.490 e. The predicted octanol–water partition coefficient (Wildman–Crippen LogP) is 1.50. The lowest BCUT2D eigenvalue weighted by Gasteiger charge is -2.32. The number of carbonyl (C=O) groups is 1. The highest BCUT2D eigenvalue weighted by Crippen LogP contribution is 2.30. The van der Waals surface area contributed by atoms with Crippen molar-refractivity contribution in [1.82, 2.24) is 9.62 Å². The second-order valence-electron chi connectivity index (χ2n) is 6.79. The van der Waals surface area contributed by atoms with Crippen LogP contribution < -0.4 is 4.72 Å². The van der Waals surface area contributed by atoms with E-state index in [1.807, 2.05) is 19.1 Å². The highest BCUT2D eigenvalue weighted by Gasteiger charge is 2.45. The zero-order valence-electron chi connectivity index (χ0n) is 15.4. The number of nitrogens with one attached hydrogen (secondary N) is 1. The number of rotatable bonds is 4. The molecule has 3 heterocycles. The zero-order valence-corrected chi connectivity index (χ0v) is 16.2. The molecular formula is C16H23F3N2O6S. The molecule has 2 N–H and O–H groups in total. The zero-order chi connectivity index (χ0) is 21.1. The Kier molecular flexibility index (Phi) is 7.12. The van der Waals surface area contributed by atoms with Crippen molar-refractivity contribution in [3.05, 3.63) is 23.7 Å². The molecule has 0 amide bonds. The molecule has 1 aromatic heterocycles. The van der Waals surface area contributed by atoms with E-state index in [1.54, 1.807) is 0 Å². The summed E-state index contributed by atoms with van der Waals surface area (Å²) in [7, 11) is -3.23. The van der Waals surface area contributed by atoms with Crippen molar-refractivity contribution in [3.63, 3.8) is 0 Å². The molecule has 0 bridgehead atoms. The Morgan fingerprint density at radius 3 is 2.54 bits per heavy atom. The van der Waals surface area contributed by atoms with Gasteiger partial charge in [-0.25, -0.2) is 17.9 Å². The summed E-state index contributed by atoms with van der Waals surface area (Å²) in [5.74, 6) is -0.948. The minimum atomic E-state index is -5.08. The average molecular weight is 428 g/mol. The minimum absolute atomic E-state index is 0.0652. The van der Waals surface area contributed by atoms with Crippen LogP contribution in [-0.2, 0) is 26.1 Å². The van der Waals surface area contributed by atoms with Crippen molar-refractivity contribution in [1.29, 1.82) is 0 Å². The number of alkyl halides is 3. The van der Waals surface area contributed by atoms with E-state index in [0.29, 0.717) is 19.7 Å². The molecule has 0 aliphatic carbocycles. The van der Waals surface area contributed by atoms with Gasteiger partial charge in [0.2, 0.25) is 10.0 Å². The SMILES string of the molecule is Cc1ccc(CN2C[C@H](NS(C)(=O)=O)[C@@H]3OCCC[C@@H]32)o1.O=C(O)C(F)(F)F. The number of carboxylic acids is 1. The molecule has 0 spiro atoms. The fourth-order valence-corrected chi connectivity index (χ4v) is 4.14. The number of aryl methyl sites for hydroxylation is 1. The quantitative estimate of drug-likeness (QED) is 0.748. The van der Waals surface area contributed by atoms with Crippen molar-refractivity contribution in [3.8, 4) is 0 Å². The fraction of sp³-hybridized carbons (Fsp3) is 0.688. The topological polar surface area (TPSA) is 109 Å². The van der Waals surface area contributed by atoms with Gasteiger partial charge in [-0.05, 0) is 31.9 Å². The number of aliphatic carboxylic acids is 1. The third-order valence-electron chi connectivity index (χ3n) is 4.39. The van der Waals surface area contributed by atoms with Gasteiger partial charge in [-0.1, -0.05) is 0 Å². The summed E-state index contributed by atoms with van der Waals surface area (Å²) in [4.78, 5) is 11.2. The molecule has 2 fully saturated rings. The normalized spacial score (nSPS) is 25.7. The van der Waals surface area contributed by atoms with E-state index >= 15 is 0 Å². The number of fused-ring (bicyclic) bond motifs is 1. The Labute approximate surface area is 160 Å². The summed E-state index contributed by atoms with van der Waals surface area (Å²) in [6, 6.07) is 4.00. The number of ether oxygens (including phenoxy) is 1. The number of carboxylic acid groups (broad SMARTS) is 1. The first kappa shape index (κ1) is 22.7. The molecule has 1 aromatic rings. The van der Waals surface area contributed by atoms with Crippen molar-refractivity contribution in [2.45, 2.75) is 50.7 Å². The lowest BCUT2D eigenvalue weighted by atomic mass is 10.0. The van der Waals surface area contributed by atoms with Gasteiger partial charge in [0, 0.05) is 19.2 Å². The monoisotopic (exact) mass is 428 g/mol. The van der Waals surface area contributed by atoms with Crippen molar-refractivity contribution in [2.75, 3.05) is 19.4 Å². The van der Waals surface area contributed by atoms with Gasteiger partial charge in [-0.3, -0.25) is 4.90 Å². The van der Waals surface area contributed by atoms with Crippen molar-refractivity contribution < 1.29 is 40.6 Å². The van der Waals surface area contributed by atoms with Crippen molar-refractivity contribution in [2.24, 2.45) is 0 Å². The summed E-state index contributed by atoms with van der Waals surface area (Å²) in [6.45, 7) is 3.98. The molecule has 2 aliphatic heterocycles. The van der Waals surface area contributed by atoms with Gasteiger partial charge in [0.1, 0.15) is 11.5 Å². The van der Waals surface area contributed by atoms with Gasteiger partial charge >= 0.3 is 12.1 Å². The van der Waals surface area contributed by atoms with E-state index in [0.717, 1.165) is 24.4 Å². The standard InChI is InChI=1S/C14H22N2O4S.C2HF3O2/c1-10-5-6-11(20-10)8-16-9-12(15-21(2,17)18)14-13(16)4-3-7-19-14;3-2(4,5)1(6)7/h5-6,12-15H,3-4,7-9H2,1-2H3;(H,6,7)/t12-,13-,14-;/m0./s1. The van der Waals surface area contributed by atoms with Gasteiger partial charge in [-0.2, -0.15) is 13.2 Å². The van der Waals surface area contributed by atoms with Gasteiger partial charge < -0.3 is 14.3 Å². The van der Waals surface area contributed by atoms with Crippen LogP contribution in [-0.4, -0.2) is 68.2 Å². The highest BCUT2D eigenvalue weighted by molar-refractivity contribution is 7.88. The van der Waals surface area contributed by atoms with Crippen LogP contribution >= 0.6 is 0 Å². The average Bonchev–Trinajstić information content (AvgIpc) is 3.11. The Morgan fingerprint density at radius 2 is 2.04 bits per heavy atom. The lowest BCUT2D eigenvalue weighted by molar-refractivity contribution is -0.192. The molecule has 160 valence electrons. The second kappa shape index (κ2) is 8.80. The summed E-state index contributed by atoms with van der Waals surface area (Å²) < 4.78 is 69.0. The number of hydrogen-bond acceptors (Lipinski definition) is 6. The molecular weight excluding hydrogens is 405 g/mol. The van der Waals surface area contributed by atoms with Gasteiger partial charge in [0.25, 0.3) is 0 Å². The number of furan rings is 1. The molecule has 8 nitrogen and oxygen atoms in total. The molecule has 0 radical (unpaired) electrons. The van der Waals surface area contributed by atoms with Crippen molar-refractivity contribution >= 4 is 16.0 Å². The molecule has 3 atom stereocenters. The molecule has 0 aromatic carbocycles. The van der Waals surface area contributed by atoms with Crippen LogP contribution in [0.1, 0.15) is 24.4 Å². The van der Waals surface area contributed by atoms with Gasteiger partial charge in [-0.15, -0.1) is 0 Å². The maximum Gasteiger partial charge on any atom is 0.490 e. The predicted molar refractivity (Wildman–Crippen MR) is 92.1 cm³/mol. The van der Waals surface area contributed by atoms with E-state index in [2.05, 4.69) is 9.62 Å². The summed E-state index contributed by atoms with van der Waals surface area (Å²) in [6.07, 6.45) is -1.90. The molecule has 0 saturated carbocycles. The number of nitrogens with zero attached hydrogens (tertiary/aromatic N) is 1. The molecule has 3 rings (SSSR count). The van der Waals surface area contributed by atoms with Crippen LogP contribution in [0.5, 0.6) is 0 Å². The van der Waals surface area contributed by atoms with E-state index in [1.165, 1.54) is 6.26 Å². The smallest absolute Gasteiger partial charge is 0.475 e. The Bertz CT molecular complexity index is 780. The Balaban J connectivity index is 0.000000345. The Morgan fingerprint density at radius 1 is 1.39 bits per heavy atom. The summed E-state index contributed by atoms with van der Waals surface area (Å²) in [5, 5.41) is 7.12. The van der Waals surface area contributed by atoms with E-state index < -0.39 is 22.2 Å². The molecule has 0 unspecified atom stereocenters. The summed E-state index contributed by atoms with van der Waals surface area (Å²) in [5.41, 5.74) is 0. The number of likely N-dealkylation sites (tertiary alicyclic amines) is 1. The first-order valence-corrected chi connectivity index (χ1v) is 10.4. The van der Waals surface area contributed by atoms with E-state index in [-0.39, 0.29) is 18.2 Å². The van der Waals surface area contributed by atoms with Crippen LogP contribution in [0.3, 0.4) is 0 Å². The van der Waals surface area contributed by atoms with Crippen LogP contribution in [0.15, 0.2) is 16.5 Å². The number of hydrogen-bond donors (Lipinski definition) is 2. The first-order chi connectivity index (χ1) is 12.9. The first-order valence-electron chi connectivity index (χ1n) is 8.55. The maximum absolute atomic E-state index is 11.5. The second-order valence-corrected chi connectivity index (χ2v) is 8.57. The van der Waals surface area contributed by atoms with Gasteiger partial charge in [0.05, 0.1) is 24.9 Å². The fourth-order valence-electron chi connectivity index (χ4n) is 3.39. The van der Waals surface area contributed by atoms with Crippen LogP contribution in [0, 0.1) is 6.92 Å². The van der Waals surface area contributed by atoms with E-state index in [4.69, 9.17) is 19.1 Å². The molecule has 2 aliphatic rings. The van der Waals surface area contributed by atoms with Crippen LogP contribution in [0.4, 0.5) is 13.2 Å². The maximum atomic E-state index is 11.5. The molecule has 2 saturated heterocycles. The number of halogens is 3. The third kappa shape index (κ3) is 6.47. The Hall–Kier alpha value is -1.63. The van der Waals surface area contributed by atoms with Crippen LogP contribution in [0.2, 0.25) is 0 Å². The number of sulfonamides is 1. The van der Waals surface area contributed by atoms with Gasteiger partial charge in [0.15, 0.2) is 0 Å².